The SMILES string of the molecule is COc1ccn2c3c(c(C)c2c1)C(N1CCCC1)C(C)(C)CC3.Cl. The number of ether oxygens (including phenoxy) is 1. The van der Waals surface area contributed by atoms with Crippen LogP contribution >= 0.6 is 12.4 Å². The van der Waals surface area contributed by atoms with Crippen molar-refractivity contribution in [2.45, 2.75) is 52.5 Å². The van der Waals surface area contributed by atoms with E-state index in [1.807, 2.05) is 0 Å². The lowest BCUT2D eigenvalue weighted by molar-refractivity contribution is 0.0903. The highest BCUT2D eigenvalue weighted by atomic mass is 35.5. The first-order chi connectivity index (χ1) is 11.0. The molecule has 3 heterocycles. The third-order valence-electron chi connectivity index (χ3n) is 6.08. The van der Waals surface area contributed by atoms with Gasteiger partial charge in [0.2, 0.25) is 0 Å². The number of hydrogen-bond donors (Lipinski definition) is 0. The smallest absolute Gasteiger partial charge is 0.122 e. The number of likely N-dealkylation sites (tertiary alicyclic amines) is 1. The van der Waals surface area contributed by atoms with Crippen molar-refractivity contribution < 1.29 is 4.74 Å². The quantitative estimate of drug-likeness (QED) is 0.776. The molecule has 4 heteroatoms. The molecule has 1 aliphatic heterocycles. The average Bonchev–Trinajstić information content (AvgIpc) is 3.14. The minimum absolute atomic E-state index is 0. The van der Waals surface area contributed by atoms with Crippen LogP contribution in [0.25, 0.3) is 5.52 Å². The standard InChI is InChI=1S/C20H28N2O.ClH/c1-14-17-13-15(23-4)8-12-22(17)16-7-9-20(2,3)19(18(14)16)21-10-5-6-11-21;/h8,12-13,19H,5-7,9-11H2,1-4H3;1H. The monoisotopic (exact) mass is 348 g/mol. The zero-order chi connectivity index (χ0) is 16.2. The van der Waals surface area contributed by atoms with E-state index in [1.54, 1.807) is 12.7 Å². The summed E-state index contributed by atoms with van der Waals surface area (Å²) in [6.45, 7) is 9.73. The van der Waals surface area contributed by atoms with Gasteiger partial charge < -0.3 is 9.14 Å². The Hall–Kier alpha value is -1.19. The van der Waals surface area contributed by atoms with Gasteiger partial charge in [-0.05, 0) is 68.3 Å². The van der Waals surface area contributed by atoms with Gasteiger partial charge in [-0.1, -0.05) is 13.8 Å². The summed E-state index contributed by atoms with van der Waals surface area (Å²) in [5, 5.41) is 0. The summed E-state index contributed by atoms with van der Waals surface area (Å²) in [5.41, 5.74) is 6.23. The molecular formula is C20H29ClN2O. The van der Waals surface area contributed by atoms with E-state index in [1.165, 1.54) is 55.5 Å². The maximum absolute atomic E-state index is 5.45. The number of fused-ring (bicyclic) bond motifs is 3. The van der Waals surface area contributed by atoms with Gasteiger partial charge in [0.25, 0.3) is 0 Å². The fourth-order valence-corrected chi connectivity index (χ4v) is 4.88. The van der Waals surface area contributed by atoms with Gasteiger partial charge in [0.15, 0.2) is 0 Å². The molecule has 1 atom stereocenters. The van der Waals surface area contributed by atoms with Gasteiger partial charge in [-0.2, -0.15) is 0 Å². The lowest BCUT2D eigenvalue weighted by Gasteiger charge is -2.44. The molecule has 1 aliphatic carbocycles. The van der Waals surface area contributed by atoms with Gasteiger partial charge in [-0.15, -0.1) is 12.4 Å². The number of hydrogen-bond acceptors (Lipinski definition) is 2. The first kappa shape index (κ1) is 17.6. The first-order valence-electron chi connectivity index (χ1n) is 8.94. The van der Waals surface area contributed by atoms with E-state index in [4.69, 9.17) is 4.74 Å². The minimum atomic E-state index is 0. The second-order valence-corrected chi connectivity index (χ2v) is 7.94. The summed E-state index contributed by atoms with van der Waals surface area (Å²) in [5.74, 6) is 0.951. The van der Waals surface area contributed by atoms with Crippen LogP contribution < -0.4 is 4.74 Å². The van der Waals surface area contributed by atoms with Gasteiger partial charge in [0.05, 0.1) is 12.6 Å². The minimum Gasteiger partial charge on any atom is -0.497 e. The number of aryl methyl sites for hydroxylation is 2. The maximum atomic E-state index is 5.45. The molecular weight excluding hydrogens is 320 g/mol. The predicted octanol–water partition coefficient (Wildman–Crippen LogP) is 4.79. The van der Waals surface area contributed by atoms with Crippen LogP contribution in [0, 0.1) is 12.3 Å². The fraction of sp³-hybridized carbons (Fsp3) is 0.600. The van der Waals surface area contributed by atoms with Crippen LogP contribution in [-0.2, 0) is 6.42 Å². The van der Waals surface area contributed by atoms with E-state index >= 15 is 0 Å². The number of pyridine rings is 1. The lowest BCUT2D eigenvalue weighted by Crippen LogP contribution is -2.40. The predicted molar refractivity (Wildman–Crippen MR) is 102 cm³/mol. The Morgan fingerprint density at radius 1 is 1.21 bits per heavy atom. The van der Waals surface area contributed by atoms with Crippen LogP contribution in [0.1, 0.15) is 56.0 Å². The second kappa shape index (κ2) is 6.27. The van der Waals surface area contributed by atoms with E-state index in [9.17, 15) is 0 Å². The van der Waals surface area contributed by atoms with Crippen molar-refractivity contribution >= 4 is 17.9 Å². The Morgan fingerprint density at radius 2 is 1.92 bits per heavy atom. The van der Waals surface area contributed by atoms with Crippen LogP contribution in [0.15, 0.2) is 18.3 Å². The van der Waals surface area contributed by atoms with Crippen LogP contribution in [0.5, 0.6) is 5.75 Å². The highest BCUT2D eigenvalue weighted by Crippen LogP contribution is 2.50. The second-order valence-electron chi connectivity index (χ2n) is 7.94. The third kappa shape index (κ3) is 2.53. The van der Waals surface area contributed by atoms with Crippen LogP contribution in [0.2, 0.25) is 0 Å². The van der Waals surface area contributed by atoms with Crippen LogP contribution in [0.4, 0.5) is 0 Å². The van der Waals surface area contributed by atoms with E-state index in [0.717, 1.165) is 5.75 Å². The number of nitrogens with zero attached hydrogens (tertiary/aromatic N) is 2. The summed E-state index contributed by atoms with van der Waals surface area (Å²) < 4.78 is 7.86. The Balaban J connectivity index is 0.00000169. The van der Waals surface area contributed by atoms with Crippen molar-refractivity contribution in [2.24, 2.45) is 5.41 Å². The zero-order valence-corrected chi connectivity index (χ0v) is 16.1. The highest BCUT2D eigenvalue weighted by Gasteiger charge is 2.42. The fourth-order valence-electron chi connectivity index (χ4n) is 4.88. The molecule has 0 aromatic carbocycles. The summed E-state index contributed by atoms with van der Waals surface area (Å²) in [6, 6.07) is 4.83. The maximum Gasteiger partial charge on any atom is 0.122 e. The first-order valence-corrected chi connectivity index (χ1v) is 8.94. The van der Waals surface area contributed by atoms with Gasteiger partial charge in [-0.25, -0.2) is 0 Å². The third-order valence-corrected chi connectivity index (χ3v) is 6.08. The Bertz CT molecular complexity index is 744. The van der Waals surface area contributed by atoms with Gasteiger partial charge >= 0.3 is 0 Å². The number of halogens is 1. The molecule has 0 amide bonds. The highest BCUT2D eigenvalue weighted by molar-refractivity contribution is 5.85. The molecule has 1 saturated heterocycles. The molecule has 24 heavy (non-hydrogen) atoms. The summed E-state index contributed by atoms with van der Waals surface area (Å²) in [4.78, 5) is 2.74. The largest absolute Gasteiger partial charge is 0.497 e. The Kier molecular flexibility index (Phi) is 4.61. The summed E-state index contributed by atoms with van der Waals surface area (Å²) >= 11 is 0. The van der Waals surface area contributed by atoms with Gasteiger partial charge in [0.1, 0.15) is 5.75 Å². The molecule has 2 aliphatic rings. The van der Waals surface area contributed by atoms with E-state index in [2.05, 4.69) is 48.4 Å². The molecule has 2 aromatic rings. The molecule has 0 radical (unpaired) electrons. The molecule has 3 nitrogen and oxygen atoms in total. The van der Waals surface area contributed by atoms with Crippen molar-refractivity contribution in [1.29, 1.82) is 0 Å². The molecule has 0 spiro atoms. The molecule has 0 bridgehead atoms. The lowest BCUT2D eigenvalue weighted by atomic mass is 9.70. The van der Waals surface area contributed by atoms with Crippen LogP contribution in [-0.4, -0.2) is 29.5 Å². The van der Waals surface area contributed by atoms with Crippen molar-refractivity contribution in [1.82, 2.24) is 9.30 Å². The average molecular weight is 349 g/mol. The van der Waals surface area contributed by atoms with E-state index < -0.39 is 0 Å². The number of methoxy groups -OCH3 is 1. The van der Waals surface area contributed by atoms with Crippen LogP contribution in [0.3, 0.4) is 0 Å². The zero-order valence-electron chi connectivity index (χ0n) is 15.3. The van der Waals surface area contributed by atoms with Gasteiger partial charge in [0, 0.05) is 24.0 Å². The normalized spacial score (nSPS) is 23.1. The summed E-state index contributed by atoms with van der Waals surface area (Å²) in [6.07, 6.45) is 7.33. The Labute approximate surface area is 151 Å². The summed E-state index contributed by atoms with van der Waals surface area (Å²) in [7, 11) is 1.75. The van der Waals surface area contributed by atoms with Crippen molar-refractivity contribution in [2.75, 3.05) is 20.2 Å². The van der Waals surface area contributed by atoms with E-state index in [0.29, 0.717) is 11.5 Å². The van der Waals surface area contributed by atoms with Crippen molar-refractivity contribution in [3.8, 4) is 5.75 Å². The molecule has 132 valence electrons. The number of aromatic nitrogens is 1. The van der Waals surface area contributed by atoms with Crippen molar-refractivity contribution in [3.63, 3.8) is 0 Å². The molecule has 0 N–H and O–H groups in total. The van der Waals surface area contributed by atoms with E-state index in [-0.39, 0.29) is 12.4 Å². The molecule has 1 unspecified atom stereocenters. The van der Waals surface area contributed by atoms with Gasteiger partial charge in [-0.3, -0.25) is 4.90 Å². The molecule has 1 fully saturated rings. The number of rotatable bonds is 2. The molecule has 4 rings (SSSR count). The van der Waals surface area contributed by atoms with Crippen molar-refractivity contribution in [3.05, 3.63) is 35.2 Å². The molecule has 0 saturated carbocycles. The molecule has 2 aromatic heterocycles. The Morgan fingerprint density at radius 3 is 2.58 bits per heavy atom. The topological polar surface area (TPSA) is 16.9 Å².